The maximum atomic E-state index is 14.0. The smallest absolute Gasteiger partial charge is 0.379 e. The van der Waals surface area contributed by atoms with Crippen molar-refractivity contribution in [3.05, 3.63) is 60.2 Å². The van der Waals surface area contributed by atoms with Crippen molar-refractivity contribution in [3.8, 4) is 11.5 Å². The molecule has 2 rings (SSSR count). The van der Waals surface area contributed by atoms with Gasteiger partial charge >= 0.3 is 11.9 Å². The average Bonchev–Trinajstić information content (AvgIpc) is 2.55. The van der Waals surface area contributed by atoms with Crippen molar-refractivity contribution >= 4 is 5.97 Å². The second-order valence-electron chi connectivity index (χ2n) is 4.81. The van der Waals surface area contributed by atoms with Crippen LogP contribution in [0.4, 0.5) is 8.78 Å². The first kappa shape index (κ1) is 16.9. The average molecular weight is 321 g/mol. The number of carbonyl (C=O) groups is 1. The zero-order valence-electron chi connectivity index (χ0n) is 12.5. The lowest BCUT2D eigenvalue weighted by atomic mass is 10.0. The van der Waals surface area contributed by atoms with E-state index < -0.39 is 17.9 Å². The van der Waals surface area contributed by atoms with Crippen LogP contribution in [0.15, 0.2) is 54.6 Å². The molecule has 0 aromatic heterocycles. The number of alkyl halides is 2. The summed E-state index contributed by atoms with van der Waals surface area (Å²) in [5.41, 5.74) is 5.64. The van der Waals surface area contributed by atoms with Gasteiger partial charge in [-0.25, -0.2) is 4.79 Å². The van der Waals surface area contributed by atoms with Gasteiger partial charge in [0.15, 0.2) is 0 Å². The molecule has 0 radical (unpaired) electrons. The van der Waals surface area contributed by atoms with Crippen LogP contribution in [0.5, 0.6) is 11.5 Å². The van der Waals surface area contributed by atoms with Crippen LogP contribution in [-0.4, -0.2) is 18.5 Å². The molecule has 2 N–H and O–H groups in total. The normalized spacial score (nSPS) is 12.5. The fourth-order valence-electron chi connectivity index (χ4n) is 1.96. The molecule has 0 bridgehead atoms. The van der Waals surface area contributed by atoms with E-state index >= 15 is 0 Å². The summed E-state index contributed by atoms with van der Waals surface area (Å²) in [6.45, 7) is 1.31. The van der Waals surface area contributed by atoms with E-state index in [1.807, 2.05) is 6.07 Å². The lowest BCUT2D eigenvalue weighted by molar-refractivity contribution is -0.174. The van der Waals surface area contributed by atoms with Crippen molar-refractivity contribution in [2.24, 2.45) is 5.73 Å². The summed E-state index contributed by atoms with van der Waals surface area (Å²) in [7, 11) is 0. The number of hydrogen-bond acceptors (Lipinski definition) is 4. The monoisotopic (exact) mass is 321 g/mol. The molecular weight excluding hydrogens is 304 g/mol. The zero-order chi connectivity index (χ0) is 16.9. The Morgan fingerprint density at radius 1 is 1.13 bits per heavy atom. The molecule has 0 aliphatic heterocycles. The molecule has 0 saturated heterocycles. The van der Waals surface area contributed by atoms with Crippen LogP contribution in [0, 0.1) is 0 Å². The lowest BCUT2D eigenvalue weighted by Gasteiger charge is -2.22. The van der Waals surface area contributed by atoms with Crippen molar-refractivity contribution < 1.29 is 23.0 Å². The molecular formula is C17H17F2NO3. The predicted molar refractivity (Wildman–Crippen MR) is 81.5 cm³/mol. The van der Waals surface area contributed by atoms with Gasteiger partial charge in [0, 0.05) is 0 Å². The van der Waals surface area contributed by atoms with Crippen LogP contribution in [0.2, 0.25) is 0 Å². The Hall–Kier alpha value is -2.47. The van der Waals surface area contributed by atoms with Gasteiger partial charge in [-0.05, 0) is 36.8 Å². The Morgan fingerprint density at radius 3 is 2.43 bits per heavy atom. The molecule has 0 spiro atoms. The molecule has 0 fully saturated rings. The van der Waals surface area contributed by atoms with Crippen molar-refractivity contribution in [2.45, 2.75) is 18.9 Å². The van der Waals surface area contributed by atoms with Gasteiger partial charge in [0.2, 0.25) is 0 Å². The third-order valence-corrected chi connectivity index (χ3v) is 3.13. The number of nitrogens with two attached hydrogens (primary N) is 1. The van der Waals surface area contributed by atoms with Crippen LogP contribution >= 0.6 is 0 Å². The van der Waals surface area contributed by atoms with E-state index in [1.54, 1.807) is 30.3 Å². The molecule has 6 heteroatoms. The first-order chi connectivity index (χ1) is 10.9. The highest BCUT2D eigenvalue weighted by Gasteiger charge is 2.47. The summed E-state index contributed by atoms with van der Waals surface area (Å²) in [4.78, 5) is 11.4. The van der Waals surface area contributed by atoms with Crippen molar-refractivity contribution in [1.82, 2.24) is 0 Å². The van der Waals surface area contributed by atoms with Gasteiger partial charge < -0.3 is 15.2 Å². The minimum absolute atomic E-state index is 0.0801. The van der Waals surface area contributed by atoms with Gasteiger partial charge in [-0.2, -0.15) is 8.78 Å². The second kappa shape index (κ2) is 7.19. The molecule has 1 atom stereocenters. The van der Waals surface area contributed by atoms with Gasteiger partial charge in [-0.1, -0.05) is 30.3 Å². The topological polar surface area (TPSA) is 61.5 Å². The van der Waals surface area contributed by atoms with Crippen molar-refractivity contribution in [1.29, 1.82) is 0 Å². The quantitative estimate of drug-likeness (QED) is 0.825. The molecule has 122 valence electrons. The Kier molecular flexibility index (Phi) is 5.28. The van der Waals surface area contributed by atoms with E-state index in [9.17, 15) is 13.6 Å². The van der Waals surface area contributed by atoms with Crippen LogP contribution in [0.1, 0.15) is 18.5 Å². The molecule has 0 aliphatic carbocycles. The van der Waals surface area contributed by atoms with Gasteiger partial charge in [-0.15, -0.1) is 0 Å². The Morgan fingerprint density at radius 2 is 1.78 bits per heavy atom. The van der Waals surface area contributed by atoms with Gasteiger partial charge in [-0.3, -0.25) is 0 Å². The molecule has 0 heterocycles. The predicted octanol–water partition coefficient (Wildman–Crippen LogP) is 3.68. The second-order valence-corrected chi connectivity index (χ2v) is 4.81. The SMILES string of the molecule is CCOC(=O)C(F)(F)[C@H](N)c1cccc(Oc2ccccc2)c1. The van der Waals surface area contributed by atoms with Crippen molar-refractivity contribution in [2.75, 3.05) is 6.61 Å². The molecule has 2 aromatic rings. The summed E-state index contributed by atoms with van der Waals surface area (Å²) in [5, 5.41) is 0. The molecule has 0 saturated carbocycles. The highest BCUT2D eigenvalue weighted by molar-refractivity contribution is 5.78. The minimum Gasteiger partial charge on any atom is -0.462 e. The minimum atomic E-state index is -3.82. The van der Waals surface area contributed by atoms with Gasteiger partial charge in [0.05, 0.1) is 6.61 Å². The van der Waals surface area contributed by atoms with E-state index in [2.05, 4.69) is 4.74 Å². The van der Waals surface area contributed by atoms with Gasteiger partial charge in [0.25, 0.3) is 0 Å². The summed E-state index contributed by atoms with van der Waals surface area (Å²) >= 11 is 0. The number of halogens is 2. The van der Waals surface area contributed by atoms with Crippen molar-refractivity contribution in [3.63, 3.8) is 0 Å². The molecule has 0 unspecified atom stereocenters. The number of rotatable bonds is 6. The Labute approximate surface area is 132 Å². The fraction of sp³-hybridized carbons (Fsp3) is 0.235. The molecule has 0 amide bonds. The van der Waals surface area contributed by atoms with Gasteiger partial charge in [0.1, 0.15) is 17.5 Å². The highest BCUT2D eigenvalue weighted by Crippen LogP contribution is 2.33. The Balaban J connectivity index is 2.20. The van der Waals surface area contributed by atoms with E-state index in [-0.39, 0.29) is 12.2 Å². The van der Waals surface area contributed by atoms with Crippen LogP contribution in [-0.2, 0) is 9.53 Å². The van der Waals surface area contributed by atoms with E-state index in [0.717, 1.165) is 0 Å². The van der Waals surface area contributed by atoms with E-state index in [4.69, 9.17) is 10.5 Å². The molecule has 0 aliphatic rings. The number of benzene rings is 2. The summed E-state index contributed by atoms with van der Waals surface area (Å²) in [6.07, 6.45) is 0. The zero-order valence-corrected chi connectivity index (χ0v) is 12.5. The number of ether oxygens (including phenoxy) is 2. The maximum absolute atomic E-state index is 14.0. The summed E-state index contributed by atoms with van der Waals surface area (Å²) in [6, 6.07) is 13.0. The third kappa shape index (κ3) is 4.04. The largest absolute Gasteiger partial charge is 0.462 e. The van der Waals surface area contributed by atoms with Crippen LogP contribution < -0.4 is 10.5 Å². The maximum Gasteiger partial charge on any atom is 0.379 e. The van der Waals surface area contributed by atoms with Crippen LogP contribution in [0.25, 0.3) is 0 Å². The first-order valence-corrected chi connectivity index (χ1v) is 7.08. The number of para-hydroxylation sites is 1. The third-order valence-electron chi connectivity index (χ3n) is 3.13. The molecule has 4 nitrogen and oxygen atoms in total. The summed E-state index contributed by atoms with van der Waals surface area (Å²) < 4.78 is 38.0. The summed E-state index contributed by atoms with van der Waals surface area (Å²) in [5.74, 6) is -4.54. The number of esters is 1. The highest BCUT2D eigenvalue weighted by atomic mass is 19.3. The fourth-order valence-corrected chi connectivity index (χ4v) is 1.96. The lowest BCUT2D eigenvalue weighted by Crippen LogP contribution is -2.41. The van der Waals surface area contributed by atoms with E-state index in [1.165, 1.54) is 25.1 Å². The van der Waals surface area contributed by atoms with E-state index in [0.29, 0.717) is 11.5 Å². The standard InChI is InChI=1S/C17H17F2NO3/c1-2-22-16(21)17(18,19)15(20)12-7-6-10-14(11-12)23-13-8-4-3-5-9-13/h3-11,15H,2,20H2,1H3/t15-/m1/s1. The first-order valence-electron chi connectivity index (χ1n) is 7.08. The Bertz CT molecular complexity index is 662. The van der Waals surface area contributed by atoms with Crippen LogP contribution in [0.3, 0.4) is 0 Å². The number of hydrogen-bond donors (Lipinski definition) is 1. The molecule has 23 heavy (non-hydrogen) atoms. The number of carbonyl (C=O) groups excluding carboxylic acids is 1. The molecule has 2 aromatic carbocycles.